The summed E-state index contributed by atoms with van der Waals surface area (Å²) >= 11 is 0. The predicted octanol–water partition coefficient (Wildman–Crippen LogP) is 6.26. The van der Waals surface area contributed by atoms with Crippen LogP contribution in [0.4, 0.5) is 0 Å². The molecule has 1 aliphatic rings. The highest BCUT2D eigenvalue weighted by Crippen LogP contribution is 2.50. The van der Waals surface area contributed by atoms with Gasteiger partial charge >= 0.3 is 11.9 Å². The van der Waals surface area contributed by atoms with Gasteiger partial charge in [0.1, 0.15) is 5.78 Å². The maximum atomic E-state index is 13.1. The van der Waals surface area contributed by atoms with Crippen LogP contribution >= 0.6 is 0 Å². The number of aliphatic hydroxyl groups is 1. The molecule has 2 N–H and O–H groups in total. The Morgan fingerprint density at radius 2 is 1.78 bits per heavy atom. The van der Waals surface area contributed by atoms with Crippen molar-refractivity contribution in [2.45, 2.75) is 137 Å². The van der Waals surface area contributed by atoms with Gasteiger partial charge in [0.25, 0.3) is 0 Å². The van der Waals surface area contributed by atoms with E-state index in [1.807, 2.05) is 41.5 Å². The van der Waals surface area contributed by atoms with Crippen LogP contribution in [0.2, 0.25) is 0 Å². The lowest BCUT2D eigenvalue weighted by atomic mass is 9.62. The monoisotopic (exact) mass is 524 g/mol. The van der Waals surface area contributed by atoms with Crippen molar-refractivity contribution >= 4 is 17.7 Å². The van der Waals surface area contributed by atoms with Crippen LogP contribution in [0.25, 0.3) is 0 Å². The second kappa shape index (κ2) is 15.6. The Bertz CT molecular complexity index is 770. The molecule has 0 aromatic carbocycles. The van der Waals surface area contributed by atoms with E-state index in [1.165, 1.54) is 12.8 Å². The summed E-state index contributed by atoms with van der Waals surface area (Å²) in [7, 11) is 0. The topological polar surface area (TPSA) is 110 Å². The number of ether oxygens (including phenoxy) is 2. The molecule has 0 unspecified atom stereocenters. The molecule has 0 saturated carbocycles. The summed E-state index contributed by atoms with van der Waals surface area (Å²) < 4.78 is 12.3. The van der Waals surface area contributed by atoms with Gasteiger partial charge in [-0.25, -0.2) is 0 Å². The van der Waals surface area contributed by atoms with E-state index in [2.05, 4.69) is 13.0 Å². The number of rotatable bonds is 17. The Labute approximate surface area is 224 Å². The van der Waals surface area contributed by atoms with E-state index in [1.54, 1.807) is 0 Å². The number of hydrogen-bond donors (Lipinski definition) is 2. The Kier molecular flexibility index (Phi) is 14.1. The number of allylic oxidation sites excluding steroid dienone is 1. The van der Waals surface area contributed by atoms with E-state index >= 15 is 0 Å². The van der Waals surface area contributed by atoms with Crippen LogP contribution < -0.4 is 0 Å². The highest BCUT2D eigenvalue weighted by molar-refractivity contribution is 5.79. The highest BCUT2D eigenvalue weighted by atomic mass is 16.5. The molecule has 1 fully saturated rings. The Hall–Kier alpha value is -1.73. The number of aliphatic carboxylic acids is 1. The largest absolute Gasteiger partial charge is 0.481 e. The van der Waals surface area contributed by atoms with Crippen molar-refractivity contribution in [1.82, 2.24) is 0 Å². The average Bonchev–Trinajstić information content (AvgIpc) is 2.82. The normalized spacial score (nSPS) is 24.3. The van der Waals surface area contributed by atoms with Crippen LogP contribution in [0.1, 0.15) is 119 Å². The molecular weight excluding hydrogens is 472 g/mol. The maximum Gasteiger partial charge on any atom is 0.306 e. The van der Waals surface area contributed by atoms with Gasteiger partial charge in [-0.2, -0.15) is 0 Å². The van der Waals surface area contributed by atoms with Gasteiger partial charge in [-0.1, -0.05) is 72.0 Å². The van der Waals surface area contributed by atoms with Crippen LogP contribution in [-0.2, 0) is 23.9 Å². The zero-order chi connectivity index (χ0) is 28.2. The van der Waals surface area contributed by atoms with Gasteiger partial charge in [0.2, 0.25) is 0 Å². The van der Waals surface area contributed by atoms with Crippen LogP contribution in [0.15, 0.2) is 11.6 Å². The third-order valence-electron chi connectivity index (χ3n) is 8.10. The van der Waals surface area contributed by atoms with E-state index in [4.69, 9.17) is 14.6 Å². The molecule has 0 aromatic rings. The number of unbranched alkanes of at least 4 members (excludes halogenated alkanes) is 4. The van der Waals surface area contributed by atoms with Gasteiger partial charge in [0, 0.05) is 30.6 Å². The first-order chi connectivity index (χ1) is 17.3. The molecule has 1 saturated heterocycles. The van der Waals surface area contributed by atoms with E-state index in [0.29, 0.717) is 25.7 Å². The Morgan fingerprint density at radius 3 is 2.35 bits per heavy atom. The summed E-state index contributed by atoms with van der Waals surface area (Å²) in [5, 5.41) is 19.5. The van der Waals surface area contributed by atoms with Gasteiger partial charge in [0.15, 0.2) is 0 Å². The first-order valence-corrected chi connectivity index (χ1v) is 14.2. The average molecular weight is 525 g/mol. The highest BCUT2D eigenvalue weighted by Gasteiger charge is 2.54. The molecule has 7 heteroatoms. The molecule has 214 valence electrons. The fourth-order valence-corrected chi connectivity index (χ4v) is 5.12. The third kappa shape index (κ3) is 10.5. The summed E-state index contributed by atoms with van der Waals surface area (Å²) in [6.07, 6.45) is 8.37. The molecule has 0 bridgehead atoms. The van der Waals surface area contributed by atoms with Crippen LogP contribution in [0, 0.1) is 17.3 Å². The van der Waals surface area contributed by atoms with Gasteiger partial charge in [-0.3, -0.25) is 14.4 Å². The lowest BCUT2D eigenvalue weighted by molar-refractivity contribution is -0.212. The minimum Gasteiger partial charge on any atom is -0.481 e. The van der Waals surface area contributed by atoms with E-state index in [0.717, 1.165) is 24.8 Å². The molecule has 0 aromatic heterocycles. The quantitative estimate of drug-likeness (QED) is 0.131. The minimum absolute atomic E-state index is 0.0418. The van der Waals surface area contributed by atoms with E-state index < -0.39 is 29.1 Å². The fourth-order valence-electron chi connectivity index (χ4n) is 5.12. The van der Waals surface area contributed by atoms with Gasteiger partial charge < -0.3 is 19.7 Å². The number of carbonyl (C=O) groups is 3. The summed E-state index contributed by atoms with van der Waals surface area (Å²) in [6.45, 7) is 14.1. The number of aliphatic hydroxyl groups excluding tert-OH is 1. The number of ketones is 1. The van der Waals surface area contributed by atoms with Crippen molar-refractivity contribution in [2.75, 3.05) is 6.61 Å². The molecule has 0 aliphatic carbocycles. The smallest absolute Gasteiger partial charge is 0.306 e. The van der Waals surface area contributed by atoms with Crippen molar-refractivity contribution in [3.05, 3.63) is 11.6 Å². The standard InChI is InChI=1S/C30H52O7/c1-8-10-11-12-13-14-23(31)18-25-22(9-2)17-24(19-26(32)21(3)4)37-30(25,7)29(5,6)20-36-28(35)16-15-27(33)34/h9,21,24-26,32H,8,10-20H2,1-7H3,(H,33,34)/b22-9+/t24-,25-,26+,30+/m0/s1. The second-order valence-electron chi connectivity index (χ2n) is 11.9. The number of esters is 1. The maximum absolute atomic E-state index is 13.1. The molecule has 4 atom stereocenters. The molecular formula is C30H52O7. The molecule has 0 amide bonds. The van der Waals surface area contributed by atoms with E-state index in [9.17, 15) is 19.5 Å². The van der Waals surface area contributed by atoms with Gasteiger partial charge in [-0.05, 0) is 32.6 Å². The molecule has 37 heavy (non-hydrogen) atoms. The van der Waals surface area contributed by atoms with Crippen LogP contribution in [-0.4, -0.2) is 52.4 Å². The number of carbonyl (C=O) groups excluding carboxylic acids is 2. The number of hydrogen-bond acceptors (Lipinski definition) is 6. The van der Waals surface area contributed by atoms with Crippen molar-refractivity contribution < 1.29 is 34.1 Å². The summed E-state index contributed by atoms with van der Waals surface area (Å²) in [5.41, 5.74) is -0.369. The third-order valence-corrected chi connectivity index (χ3v) is 8.10. The lowest BCUT2D eigenvalue weighted by Gasteiger charge is -2.54. The van der Waals surface area contributed by atoms with Gasteiger partial charge in [-0.15, -0.1) is 0 Å². The SMILES string of the molecule is C/C=C1\C[C@@H](C[C@@H](O)C(C)C)O[C@@](C)(C(C)(C)COC(=O)CCC(=O)O)[C@H]1CC(=O)CCCCCCC. The van der Waals surface area contributed by atoms with Crippen molar-refractivity contribution in [1.29, 1.82) is 0 Å². The molecule has 1 aliphatic heterocycles. The number of carboxylic acids is 1. The summed E-state index contributed by atoms with van der Waals surface area (Å²) in [4.78, 5) is 36.2. The molecule has 1 rings (SSSR count). The van der Waals surface area contributed by atoms with Crippen molar-refractivity contribution in [3.63, 3.8) is 0 Å². The molecule has 1 heterocycles. The Balaban J connectivity index is 3.14. The first-order valence-electron chi connectivity index (χ1n) is 14.2. The van der Waals surface area contributed by atoms with Crippen LogP contribution in [0.3, 0.4) is 0 Å². The van der Waals surface area contributed by atoms with E-state index in [-0.39, 0.29) is 43.2 Å². The van der Waals surface area contributed by atoms with Gasteiger partial charge in [0.05, 0.1) is 37.3 Å². The number of Topliss-reactive ketones (excluding diaryl/α,β-unsaturated/α-hetero) is 1. The zero-order valence-electron chi connectivity index (χ0n) is 24.3. The fraction of sp³-hybridized carbons (Fsp3) is 0.833. The molecule has 0 spiro atoms. The lowest BCUT2D eigenvalue weighted by Crippen LogP contribution is -2.58. The summed E-state index contributed by atoms with van der Waals surface area (Å²) in [5.74, 6) is -1.48. The number of carboxylic acid groups (broad SMARTS) is 1. The van der Waals surface area contributed by atoms with Crippen LogP contribution in [0.5, 0.6) is 0 Å². The first kappa shape index (κ1) is 33.3. The zero-order valence-corrected chi connectivity index (χ0v) is 24.3. The minimum atomic E-state index is -1.05. The summed E-state index contributed by atoms with van der Waals surface area (Å²) in [6, 6.07) is 0. The van der Waals surface area contributed by atoms with Crippen molar-refractivity contribution in [3.8, 4) is 0 Å². The van der Waals surface area contributed by atoms with Crippen molar-refractivity contribution in [2.24, 2.45) is 17.3 Å². The molecule has 7 nitrogen and oxygen atoms in total. The Morgan fingerprint density at radius 1 is 1.14 bits per heavy atom. The second-order valence-corrected chi connectivity index (χ2v) is 11.9. The molecule has 0 radical (unpaired) electrons. The predicted molar refractivity (Wildman–Crippen MR) is 145 cm³/mol.